The second kappa shape index (κ2) is 5.42. The SMILES string of the molecule is CCCC(C)n1nccc1N1CC(C(N)=O)CC1=O. The fraction of sp³-hybridized carbons (Fsp3) is 0.615. The van der Waals surface area contributed by atoms with Crippen molar-refractivity contribution in [1.29, 1.82) is 0 Å². The summed E-state index contributed by atoms with van der Waals surface area (Å²) >= 11 is 0. The van der Waals surface area contributed by atoms with Gasteiger partial charge in [0.25, 0.3) is 0 Å². The first-order valence-corrected chi connectivity index (χ1v) is 6.67. The van der Waals surface area contributed by atoms with E-state index in [2.05, 4.69) is 18.9 Å². The van der Waals surface area contributed by atoms with Crippen LogP contribution in [0.15, 0.2) is 12.3 Å². The highest BCUT2D eigenvalue weighted by Crippen LogP contribution is 2.27. The number of nitrogens with zero attached hydrogens (tertiary/aromatic N) is 3. The molecule has 104 valence electrons. The zero-order valence-corrected chi connectivity index (χ0v) is 11.4. The molecule has 1 saturated heterocycles. The van der Waals surface area contributed by atoms with E-state index in [0.29, 0.717) is 6.54 Å². The molecule has 2 heterocycles. The maximum Gasteiger partial charge on any atom is 0.229 e. The van der Waals surface area contributed by atoms with Crippen LogP contribution in [-0.4, -0.2) is 28.1 Å². The number of primary amides is 1. The van der Waals surface area contributed by atoms with Crippen molar-refractivity contribution in [2.45, 2.75) is 39.2 Å². The average molecular weight is 264 g/mol. The zero-order chi connectivity index (χ0) is 14.0. The van der Waals surface area contributed by atoms with E-state index in [1.165, 1.54) is 0 Å². The second-order valence-electron chi connectivity index (χ2n) is 5.08. The number of hydrogen-bond acceptors (Lipinski definition) is 3. The van der Waals surface area contributed by atoms with Gasteiger partial charge in [0.2, 0.25) is 11.8 Å². The summed E-state index contributed by atoms with van der Waals surface area (Å²) in [5.41, 5.74) is 5.28. The van der Waals surface area contributed by atoms with Crippen molar-refractivity contribution < 1.29 is 9.59 Å². The van der Waals surface area contributed by atoms with Crippen LogP contribution >= 0.6 is 0 Å². The van der Waals surface area contributed by atoms with Gasteiger partial charge in [-0.05, 0) is 13.3 Å². The topological polar surface area (TPSA) is 81.2 Å². The first kappa shape index (κ1) is 13.6. The van der Waals surface area contributed by atoms with Gasteiger partial charge in [-0.25, -0.2) is 4.68 Å². The summed E-state index contributed by atoms with van der Waals surface area (Å²) < 4.78 is 1.85. The second-order valence-corrected chi connectivity index (χ2v) is 5.08. The van der Waals surface area contributed by atoms with E-state index in [4.69, 9.17) is 5.73 Å². The van der Waals surface area contributed by atoms with Crippen LogP contribution in [0.5, 0.6) is 0 Å². The molecule has 0 radical (unpaired) electrons. The van der Waals surface area contributed by atoms with Crippen molar-refractivity contribution >= 4 is 17.6 Å². The largest absolute Gasteiger partial charge is 0.369 e. The van der Waals surface area contributed by atoms with E-state index in [1.807, 2.05) is 10.7 Å². The summed E-state index contributed by atoms with van der Waals surface area (Å²) in [4.78, 5) is 24.8. The Balaban J connectivity index is 2.21. The Kier molecular flexibility index (Phi) is 3.87. The fourth-order valence-corrected chi connectivity index (χ4v) is 2.52. The van der Waals surface area contributed by atoms with E-state index in [0.717, 1.165) is 18.7 Å². The quantitative estimate of drug-likeness (QED) is 0.864. The Morgan fingerprint density at radius 1 is 1.63 bits per heavy atom. The van der Waals surface area contributed by atoms with Gasteiger partial charge in [-0.3, -0.25) is 14.5 Å². The smallest absolute Gasteiger partial charge is 0.229 e. The predicted molar refractivity (Wildman–Crippen MR) is 71.5 cm³/mol. The highest BCUT2D eigenvalue weighted by Gasteiger charge is 2.35. The minimum Gasteiger partial charge on any atom is -0.369 e. The molecule has 1 fully saturated rings. The lowest BCUT2D eigenvalue weighted by Gasteiger charge is -2.21. The zero-order valence-electron chi connectivity index (χ0n) is 11.4. The summed E-state index contributed by atoms with van der Waals surface area (Å²) in [7, 11) is 0. The summed E-state index contributed by atoms with van der Waals surface area (Å²) in [5, 5.41) is 4.29. The van der Waals surface area contributed by atoms with Crippen LogP contribution in [0.4, 0.5) is 5.82 Å². The molecule has 2 N–H and O–H groups in total. The molecule has 2 rings (SSSR count). The molecule has 0 saturated carbocycles. The predicted octanol–water partition coefficient (Wildman–Crippen LogP) is 1.08. The molecule has 19 heavy (non-hydrogen) atoms. The number of rotatable bonds is 5. The molecule has 0 aromatic carbocycles. The number of nitrogens with two attached hydrogens (primary N) is 1. The van der Waals surface area contributed by atoms with Crippen LogP contribution < -0.4 is 10.6 Å². The van der Waals surface area contributed by atoms with Gasteiger partial charge in [0.15, 0.2) is 0 Å². The highest BCUT2D eigenvalue weighted by atomic mass is 16.2. The van der Waals surface area contributed by atoms with Crippen LogP contribution in [-0.2, 0) is 9.59 Å². The van der Waals surface area contributed by atoms with Crippen LogP contribution in [0.25, 0.3) is 0 Å². The first-order chi connectivity index (χ1) is 9.04. The van der Waals surface area contributed by atoms with Gasteiger partial charge in [0.1, 0.15) is 5.82 Å². The molecule has 0 spiro atoms. The number of hydrogen-bond donors (Lipinski definition) is 1. The van der Waals surface area contributed by atoms with E-state index in [1.54, 1.807) is 11.1 Å². The lowest BCUT2D eigenvalue weighted by atomic mass is 10.1. The number of amides is 2. The van der Waals surface area contributed by atoms with Crippen molar-refractivity contribution in [2.24, 2.45) is 11.7 Å². The Labute approximate surface area is 112 Å². The van der Waals surface area contributed by atoms with Crippen LogP contribution in [0, 0.1) is 5.92 Å². The van der Waals surface area contributed by atoms with Gasteiger partial charge in [-0.1, -0.05) is 13.3 Å². The van der Waals surface area contributed by atoms with Crippen LogP contribution in [0.2, 0.25) is 0 Å². The molecule has 2 atom stereocenters. The molecular formula is C13H20N4O2. The van der Waals surface area contributed by atoms with Crippen LogP contribution in [0.1, 0.15) is 39.2 Å². The molecule has 1 aromatic heterocycles. The van der Waals surface area contributed by atoms with Gasteiger partial charge in [0.05, 0.1) is 18.2 Å². The molecule has 0 bridgehead atoms. The Morgan fingerprint density at radius 3 is 2.95 bits per heavy atom. The molecule has 6 heteroatoms. The molecule has 1 aliphatic rings. The third-order valence-corrected chi connectivity index (χ3v) is 3.58. The summed E-state index contributed by atoms with van der Waals surface area (Å²) in [6, 6.07) is 2.04. The van der Waals surface area contributed by atoms with E-state index >= 15 is 0 Å². The van der Waals surface area contributed by atoms with Crippen molar-refractivity contribution in [3.8, 4) is 0 Å². The van der Waals surface area contributed by atoms with Gasteiger partial charge < -0.3 is 5.73 Å². The maximum atomic E-state index is 12.0. The van der Waals surface area contributed by atoms with E-state index in [-0.39, 0.29) is 18.4 Å². The van der Waals surface area contributed by atoms with E-state index in [9.17, 15) is 9.59 Å². The van der Waals surface area contributed by atoms with Crippen molar-refractivity contribution in [2.75, 3.05) is 11.4 Å². The third-order valence-electron chi connectivity index (χ3n) is 3.58. The summed E-state index contributed by atoms with van der Waals surface area (Å²) in [6.07, 6.45) is 3.93. The molecular weight excluding hydrogens is 244 g/mol. The van der Waals surface area contributed by atoms with Crippen molar-refractivity contribution in [1.82, 2.24) is 9.78 Å². The monoisotopic (exact) mass is 264 g/mol. The lowest BCUT2D eigenvalue weighted by Crippen LogP contribution is -2.30. The first-order valence-electron chi connectivity index (χ1n) is 6.67. The summed E-state index contributed by atoms with van der Waals surface area (Å²) in [5.74, 6) is -0.107. The lowest BCUT2D eigenvalue weighted by molar-refractivity contribution is -0.123. The van der Waals surface area contributed by atoms with Crippen molar-refractivity contribution in [3.63, 3.8) is 0 Å². The minimum atomic E-state index is -0.413. The maximum absolute atomic E-state index is 12.0. The Bertz CT molecular complexity index is 483. The van der Waals surface area contributed by atoms with Gasteiger partial charge in [-0.15, -0.1) is 0 Å². The normalized spacial score (nSPS) is 20.8. The fourth-order valence-electron chi connectivity index (χ4n) is 2.52. The van der Waals surface area contributed by atoms with E-state index < -0.39 is 11.8 Å². The van der Waals surface area contributed by atoms with Crippen LogP contribution in [0.3, 0.4) is 0 Å². The molecule has 2 amide bonds. The third kappa shape index (κ3) is 2.62. The molecule has 2 unspecified atom stereocenters. The van der Waals surface area contributed by atoms with Gasteiger partial charge in [0, 0.05) is 19.0 Å². The highest BCUT2D eigenvalue weighted by molar-refractivity contribution is 5.99. The molecule has 0 aliphatic carbocycles. The summed E-state index contributed by atoms with van der Waals surface area (Å²) in [6.45, 7) is 4.55. The number of aromatic nitrogens is 2. The molecule has 1 aliphatic heterocycles. The number of carbonyl (C=O) groups excluding carboxylic acids is 2. The average Bonchev–Trinajstić information content (AvgIpc) is 2.94. The molecule has 1 aromatic rings. The van der Waals surface area contributed by atoms with Gasteiger partial charge >= 0.3 is 0 Å². The van der Waals surface area contributed by atoms with Crippen molar-refractivity contribution in [3.05, 3.63) is 12.3 Å². The standard InChI is InChI=1S/C13H20N4O2/c1-3-4-9(2)17-11(5-6-15-17)16-8-10(13(14)19)7-12(16)18/h5-6,9-10H,3-4,7-8H2,1-2H3,(H2,14,19). The Hall–Kier alpha value is -1.85. The number of carbonyl (C=O) groups is 2. The minimum absolute atomic E-state index is 0.0609. The Morgan fingerprint density at radius 2 is 2.37 bits per heavy atom. The molecule has 6 nitrogen and oxygen atoms in total. The number of anilines is 1. The van der Waals surface area contributed by atoms with Gasteiger partial charge in [-0.2, -0.15) is 5.10 Å².